The largest absolute Gasteiger partial charge is 0.459 e. The van der Waals surface area contributed by atoms with Gasteiger partial charge >= 0.3 is 0 Å². The molecule has 28 heavy (non-hydrogen) atoms. The lowest BCUT2D eigenvalue weighted by molar-refractivity contribution is -0.122. The van der Waals surface area contributed by atoms with Gasteiger partial charge in [0, 0.05) is 10.3 Å². The minimum Gasteiger partial charge on any atom is -0.459 e. The van der Waals surface area contributed by atoms with Gasteiger partial charge in [-0.05, 0) is 43.9 Å². The number of hydrogen-bond donors (Lipinski definition) is 1. The molecule has 0 saturated heterocycles. The summed E-state index contributed by atoms with van der Waals surface area (Å²) < 4.78 is 7.21. The quantitative estimate of drug-likeness (QED) is 0.575. The summed E-state index contributed by atoms with van der Waals surface area (Å²) in [6.07, 6.45) is 4.50. The molecular formula is C21H19N3O3S. The summed E-state index contributed by atoms with van der Waals surface area (Å²) in [5.41, 5.74) is 1.79. The monoisotopic (exact) mass is 393 g/mol. The van der Waals surface area contributed by atoms with E-state index in [1.807, 2.05) is 37.3 Å². The first-order valence-corrected chi connectivity index (χ1v) is 10.2. The van der Waals surface area contributed by atoms with Crippen LogP contribution in [-0.4, -0.2) is 15.5 Å². The van der Waals surface area contributed by atoms with Crippen LogP contribution in [0.5, 0.6) is 0 Å². The Kier molecular flexibility index (Phi) is 4.05. The lowest BCUT2D eigenvalue weighted by atomic mass is 10.2. The number of carbonyl (C=O) groups excluding carboxylic acids is 1. The van der Waals surface area contributed by atoms with Gasteiger partial charge in [0.25, 0.3) is 5.56 Å². The van der Waals surface area contributed by atoms with Crippen molar-refractivity contribution in [1.29, 1.82) is 0 Å². The lowest BCUT2D eigenvalue weighted by Gasteiger charge is -2.12. The molecule has 1 aliphatic rings. The van der Waals surface area contributed by atoms with Gasteiger partial charge in [-0.1, -0.05) is 18.2 Å². The molecule has 5 rings (SSSR count). The molecule has 3 aromatic heterocycles. The molecule has 0 saturated carbocycles. The van der Waals surface area contributed by atoms with Crippen molar-refractivity contribution >= 4 is 38.4 Å². The first-order valence-electron chi connectivity index (χ1n) is 9.37. The summed E-state index contributed by atoms with van der Waals surface area (Å²) in [7, 11) is 0. The second-order valence-corrected chi connectivity index (χ2v) is 8.27. The SMILES string of the molecule is C[C@@H](NC(=O)Cn1cnc2sc3c(c2c1=O)CCC3)c1cc2ccccc2o1. The van der Waals surface area contributed by atoms with E-state index in [4.69, 9.17) is 4.42 Å². The third-order valence-electron chi connectivity index (χ3n) is 5.25. The third kappa shape index (κ3) is 2.82. The number of aromatic nitrogens is 2. The summed E-state index contributed by atoms with van der Waals surface area (Å²) in [5, 5.41) is 4.60. The molecule has 0 aliphatic heterocycles. The number of para-hydroxylation sites is 1. The fourth-order valence-electron chi connectivity index (χ4n) is 3.86. The molecule has 0 bridgehead atoms. The number of fused-ring (bicyclic) bond motifs is 4. The summed E-state index contributed by atoms with van der Waals surface area (Å²) in [6.45, 7) is 1.81. The maximum absolute atomic E-state index is 12.9. The van der Waals surface area contributed by atoms with Crippen LogP contribution in [-0.2, 0) is 24.2 Å². The van der Waals surface area contributed by atoms with Gasteiger partial charge in [-0.3, -0.25) is 14.2 Å². The second kappa shape index (κ2) is 6.60. The van der Waals surface area contributed by atoms with Crippen molar-refractivity contribution in [3.63, 3.8) is 0 Å². The maximum Gasteiger partial charge on any atom is 0.262 e. The van der Waals surface area contributed by atoms with Crippen molar-refractivity contribution in [3.8, 4) is 0 Å². The highest BCUT2D eigenvalue weighted by atomic mass is 32.1. The predicted octanol–water partition coefficient (Wildman–Crippen LogP) is 3.57. The molecule has 0 fully saturated rings. The van der Waals surface area contributed by atoms with E-state index in [0.29, 0.717) is 11.1 Å². The van der Waals surface area contributed by atoms with Crippen LogP contribution in [0.3, 0.4) is 0 Å². The van der Waals surface area contributed by atoms with Crippen molar-refractivity contribution in [2.24, 2.45) is 0 Å². The van der Waals surface area contributed by atoms with E-state index in [-0.39, 0.29) is 24.1 Å². The van der Waals surface area contributed by atoms with Crippen LogP contribution in [0.25, 0.3) is 21.2 Å². The Morgan fingerprint density at radius 2 is 2.21 bits per heavy atom. The number of aryl methyl sites for hydroxylation is 2. The zero-order valence-electron chi connectivity index (χ0n) is 15.4. The molecule has 1 N–H and O–H groups in total. The summed E-state index contributed by atoms with van der Waals surface area (Å²) >= 11 is 1.60. The number of furan rings is 1. The maximum atomic E-state index is 12.9. The Morgan fingerprint density at radius 1 is 1.36 bits per heavy atom. The van der Waals surface area contributed by atoms with E-state index in [0.717, 1.165) is 40.6 Å². The molecule has 4 aromatic rings. The van der Waals surface area contributed by atoms with Gasteiger partial charge in [0.15, 0.2) is 0 Å². The molecule has 1 amide bonds. The average Bonchev–Trinajstić information content (AvgIpc) is 3.37. The molecule has 1 aliphatic carbocycles. The van der Waals surface area contributed by atoms with Crippen molar-refractivity contribution in [1.82, 2.24) is 14.9 Å². The fourth-order valence-corrected chi connectivity index (χ4v) is 5.08. The highest BCUT2D eigenvalue weighted by molar-refractivity contribution is 7.18. The Balaban J connectivity index is 1.36. The van der Waals surface area contributed by atoms with Crippen molar-refractivity contribution in [2.75, 3.05) is 0 Å². The van der Waals surface area contributed by atoms with Crippen LogP contribution in [0, 0.1) is 0 Å². The van der Waals surface area contributed by atoms with E-state index >= 15 is 0 Å². The average molecular weight is 393 g/mol. The Bertz CT molecular complexity index is 1230. The molecule has 0 radical (unpaired) electrons. The van der Waals surface area contributed by atoms with Gasteiger partial charge < -0.3 is 9.73 Å². The summed E-state index contributed by atoms with van der Waals surface area (Å²) in [4.78, 5) is 31.9. The van der Waals surface area contributed by atoms with Crippen LogP contribution < -0.4 is 10.9 Å². The number of nitrogens with zero attached hydrogens (tertiary/aromatic N) is 2. The molecule has 7 heteroatoms. The van der Waals surface area contributed by atoms with Gasteiger partial charge in [0.05, 0.1) is 17.8 Å². The van der Waals surface area contributed by atoms with E-state index in [1.54, 1.807) is 11.3 Å². The van der Waals surface area contributed by atoms with Crippen LogP contribution in [0.1, 0.15) is 35.6 Å². The normalized spacial score (nSPS) is 14.5. The second-order valence-electron chi connectivity index (χ2n) is 7.19. The number of carbonyl (C=O) groups is 1. The van der Waals surface area contributed by atoms with Crippen LogP contribution in [0.15, 0.2) is 45.9 Å². The molecule has 0 unspecified atom stereocenters. The molecule has 142 valence electrons. The first kappa shape index (κ1) is 17.2. The molecule has 3 heterocycles. The number of hydrogen-bond acceptors (Lipinski definition) is 5. The standard InChI is InChI=1S/C21H19N3O3S/c1-12(16-9-13-5-2-3-7-15(13)27-16)23-18(25)10-24-11-22-20-19(21(24)26)14-6-4-8-17(14)28-20/h2-3,5,7,9,11-12H,4,6,8,10H2,1H3,(H,23,25)/t12-/m1/s1. The van der Waals surface area contributed by atoms with E-state index in [2.05, 4.69) is 10.3 Å². The molecular weight excluding hydrogens is 374 g/mol. The zero-order valence-corrected chi connectivity index (χ0v) is 16.2. The third-order valence-corrected chi connectivity index (χ3v) is 6.45. The highest BCUT2D eigenvalue weighted by Gasteiger charge is 2.22. The van der Waals surface area contributed by atoms with Crippen molar-refractivity contribution in [3.05, 3.63) is 63.2 Å². The van der Waals surface area contributed by atoms with Crippen LogP contribution in [0.2, 0.25) is 0 Å². The number of benzene rings is 1. The zero-order chi connectivity index (χ0) is 19.3. The first-order chi connectivity index (χ1) is 13.6. The van der Waals surface area contributed by atoms with Crippen LogP contribution >= 0.6 is 11.3 Å². The Morgan fingerprint density at radius 3 is 3.07 bits per heavy atom. The van der Waals surface area contributed by atoms with Gasteiger partial charge in [-0.25, -0.2) is 4.98 Å². The molecule has 1 atom stereocenters. The van der Waals surface area contributed by atoms with Gasteiger partial charge in [0.1, 0.15) is 22.7 Å². The molecule has 0 spiro atoms. The van der Waals surface area contributed by atoms with E-state index < -0.39 is 0 Å². The fraction of sp³-hybridized carbons (Fsp3) is 0.286. The Labute approximate surface area is 164 Å². The molecule has 1 aromatic carbocycles. The van der Waals surface area contributed by atoms with Gasteiger partial charge in [-0.15, -0.1) is 11.3 Å². The number of rotatable bonds is 4. The minimum absolute atomic E-state index is 0.0586. The Hall–Kier alpha value is -2.93. The van der Waals surface area contributed by atoms with Gasteiger partial charge in [-0.2, -0.15) is 0 Å². The van der Waals surface area contributed by atoms with E-state index in [1.165, 1.54) is 15.8 Å². The van der Waals surface area contributed by atoms with Crippen molar-refractivity contribution < 1.29 is 9.21 Å². The number of nitrogens with one attached hydrogen (secondary N) is 1. The van der Waals surface area contributed by atoms with E-state index in [9.17, 15) is 9.59 Å². The smallest absolute Gasteiger partial charge is 0.262 e. The summed E-state index contributed by atoms with van der Waals surface area (Å²) in [5.74, 6) is 0.439. The van der Waals surface area contributed by atoms with Crippen LogP contribution in [0.4, 0.5) is 0 Å². The number of amides is 1. The van der Waals surface area contributed by atoms with Gasteiger partial charge in [0.2, 0.25) is 5.91 Å². The highest BCUT2D eigenvalue weighted by Crippen LogP contribution is 2.34. The topological polar surface area (TPSA) is 77.1 Å². The molecule has 6 nitrogen and oxygen atoms in total. The minimum atomic E-state index is -0.294. The lowest BCUT2D eigenvalue weighted by Crippen LogP contribution is -2.33. The predicted molar refractivity (Wildman–Crippen MR) is 109 cm³/mol. The van der Waals surface area contributed by atoms with Crippen molar-refractivity contribution in [2.45, 2.75) is 38.8 Å². The number of thiophene rings is 1. The summed E-state index contributed by atoms with van der Waals surface area (Å²) in [6, 6.07) is 9.35.